The van der Waals surface area contributed by atoms with Crippen molar-refractivity contribution in [2.45, 2.75) is 26.0 Å². The van der Waals surface area contributed by atoms with Crippen molar-refractivity contribution >= 4 is 17.5 Å². The maximum Gasteiger partial charge on any atom is 0.182 e. The molecule has 18 heavy (non-hydrogen) atoms. The van der Waals surface area contributed by atoms with Gasteiger partial charge in [-0.05, 0) is 19.9 Å². The van der Waals surface area contributed by atoms with Crippen LogP contribution in [0.5, 0.6) is 5.75 Å². The summed E-state index contributed by atoms with van der Waals surface area (Å²) in [5, 5.41) is 3.24. The molecule has 1 aromatic rings. The highest BCUT2D eigenvalue weighted by Crippen LogP contribution is 2.17. The van der Waals surface area contributed by atoms with Crippen molar-refractivity contribution in [2.75, 3.05) is 18.1 Å². The predicted molar refractivity (Wildman–Crippen MR) is 73.4 cm³/mol. The monoisotopic (exact) mass is 266 g/mol. The molecular weight excluding hydrogens is 248 g/mol. The van der Waals surface area contributed by atoms with E-state index in [-0.39, 0.29) is 17.9 Å². The Bertz CT molecular complexity index is 417. The van der Waals surface area contributed by atoms with Gasteiger partial charge in [-0.2, -0.15) is 11.8 Å². The molecule has 1 saturated heterocycles. The van der Waals surface area contributed by atoms with Crippen molar-refractivity contribution in [3.05, 3.63) is 24.0 Å². The summed E-state index contributed by atoms with van der Waals surface area (Å²) in [6, 6.07) is 1.68. The van der Waals surface area contributed by atoms with Gasteiger partial charge in [0.2, 0.25) is 0 Å². The van der Waals surface area contributed by atoms with Gasteiger partial charge in [-0.15, -0.1) is 0 Å². The normalized spacial score (nSPS) is 19.8. The topological polar surface area (TPSA) is 51.2 Å². The Morgan fingerprint density at radius 3 is 3.06 bits per heavy atom. The summed E-state index contributed by atoms with van der Waals surface area (Å²) >= 11 is 1.81. The van der Waals surface area contributed by atoms with Gasteiger partial charge in [0.05, 0.1) is 18.3 Å². The number of thioether (sulfide) groups is 1. The first-order valence-electron chi connectivity index (χ1n) is 6.14. The number of rotatable bonds is 4. The minimum absolute atomic E-state index is 0.0838. The molecule has 0 amide bonds. The summed E-state index contributed by atoms with van der Waals surface area (Å²) in [5.74, 6) is 2.65. The molecule has 1 aliphatic heterocycles. The van der Waals surface area contributed by atoms with Crippen molar-refractivity contribution in [3.63, 3.8) is 0 Å². The number of ether oxygens (including phenoxy) is 1. The van der Waals surface area contributed by atoms with E-state index in [9.17, 15) is 4.79 Å². The van der Waals surface area contributed by atoms with Gasteiger partial charge in [0, 0.05) is 29.8 Å². The van der Waals surface area contributed by atoms with E-state index in [1.807, 2.05) is 13.8 Å². The first-order valence-corrected chi connectivity index (χ1v) is 7.29. The maximum atomic E-state index is 12.3. The number of hydrogen-bond acceptors (Lipinski definition) is 5. The smallest absolute Gasteiger partial charge is 0.182 e. The van der Waals surface area contributed by atoms with E-state index in [2.05, 4.69) is 10.3 Å². The summed E-state index contributed by atoms with van der Waals surface area (Å²) in [5.41, 5.74) is 0.619. The van der Waals surface area contributed by atoms with E-state index < -0.39 is 0 Å². The molecular formula is C13H18N2O2S. The molecule has 1 fully saturated rings. The van der Waals surface area contributed by atoms with Crippen LogP contribution in [0.1, 0.15) is 24.2 Å². The minimum atomic E-state index is -0.0974. The fourth-order valence-corrected chi connectivity index (χ4v) is 2.76. The zero-order valence-electron chi connectivity index (χ0n) is 10.7. The second-order valence-electron chi connectivity index (χ2n) is 4.52. The van der Waals surface area contributed by atoms with Gasteiger partial charge in [0.15, 0.2) is 5.78 Å². The number of nitrogens with one attached hydrogen (secondary N) is 1. The van der Waals surface area contributed by atoms with Crippen LogP contribution in [0.4, 0.5) is 0 Å². The maximum absolute atomic E-state index is 12.3. The molecule has 4 nitrogen and oxygen atoms in total. The van der Waals surface area contributed by atoms with Crippen molar-refractivity contribution in [2.24, 2.45) is 0 Å². The zero-order chi connectivity index (χ0) is 13.0. The molecule has 98 valence electrons. The Kier molecular flexibility index (Phi) is 4.60. The molecule has 0 aromatic carbocycles. The van der Waals surface area contributed by atoms with Crippen LogP contribution in [-0.2, 0) is 0 Å². The standard InChI is InChI=1S/C13H18N2O2S/c1-9(2)17-11-5-10(6-14-7-11)13(16)12-8-18-4-3-15-12/h5-7,9,12,15H,3-4,8H2,1-2H3. The molecule has 1 aliphatic rings. The lowest BCUT2D eigenvalue weighted by Gasteiger charge is -2.22. The molecule has 2 rings (SSSR count). The minimum Gasteiger partial charge on any atom is -0.489 e. The van der Waals surface area contributed by atoms with Gasteiger partial charge in [0.25, 0.3) is 0 Å². The van der Waals surface area contributed by atoms with Gasteiger partial charge in [0.1, 0.15) is 5.75 Å². The van der Waals surface area contributed by atoms with Crippen LogP contribution in [0.15, 0.2) is 18.5 Å². The fraction of sp³-hybridized carbons (Fsp3) is 0.538. The largest absolute Gasteiger partial charge is 0.489 e. The summed E-state index contributed by atoms with van der Waals surface area (Å²) in [6.07, 6.45) is 3.33. The molecule has 1 aromatic heterocycles. The number of carbonyl (C=O) groups is 1. The summed E-state index contributed by atoms with van der Waals surface area (Å²) in [4.78, 5) is 16.3. The van der Waals surface area contributed by atoms with Crippen molar-refractivity contribution in [1.29, 1.82) is 0 Å². The fourth-order valence-electron chi connectivity index (χ4n) is 1.83. The molecule has 1 N–H and O–H groups in total. The van der Waals surface area contributed by atoms with Gasteiger partial charge in [-0.3, -0.25) is 9.78 Å². The Hall–Kier alpha value is -1.07. The van der Waals surface area contributed by atoms with Gasteiger partial charge >= 0.3 is 0 Å². The number of pyridine rings is 1. The van der Waals surface area contributed by atoms with E-state index in [1.165, 1.54) is 0 Å². The van der Waals surface area contributed by atoms with Crippen LogP contribution < -0.4 is 10.1 Å². The second-order valence-corrected chi connectivity index (χ2v) is 5.67. The van der Waals surface area contributed by atoms with Crippen molar-refractivity contribution < 1.29 is 9.53 Å². The number of aromatic nitrogens is 1. The first kappa shape index (κ1) is 13.4. The lowest BCUT2D eigenvalue weighted by molar-refractivity contribution is 0.0952. The Morgan fingerprint density at radius 1 is 1.56 bits per heavy atom. The lowest BCUT2D eigenvalue weighted by Crippen LogP contribution is -2.43. The van der Waals surface area contributed by atoms with Crippen LogP contribution in [0.25, 0.3) is 0 Å². The summed E-state index contributed by atoms with van der Waals surface area (Å²) in [6.45, 7) is 4.79. The molecule has 1 atom stereocenters. The van der Waals surface area contributed by atoms with Crippen molar-refractivity contribution in [1.82, 2.24) is 10.3 Å². The predicted octanol–water partition coefficient (Wildman–Crippen LogP) is 1.76. The molecule has 2 heterocycles. The Morgan fingerprint density at radius 2 is 2.39 bits per heavy atom. The number of carbonyl (C=O) groups excluding carboxylic acids is 1. The van der Waals surface area contributed by atoms with E-state index in [0.29, 0.717) is 11.3 Å². The quantitative estimate of drug-likeness (QED) is 0.842. The van der Waals surface area contributed by atoms with Crippen LogP contribution in [-0.4, -0.2) is 41.0 Å². The molecule has 5 heteroatoms. The number of Topliss-reactive ketones (excluding diaryl/α,β-unsaturated/α-hetero) is 1. The highest BCUT2D eigenvalue weighted by Gasteiger charge is 2.22. The van der Waals surface area contributed by atoms with E-state index in [4.69, 9.17) is 4.74 Å². The highest BCUT2D eigenvalue weighted by molar-refractivity contribution is 7.99. The molecule has 0 aliphatic carbocycles. The van der Waals surface area contributed by atoms with Crippen LogP contribution in [0.2, 0.25) is 0 Å². The summed E-state index contributed by atoms with van der Waals surface area (Å²) < 4.78 is 5.55. The molecule has 0 bridgehead atoms. The molecule has 0 saturated carbocycles. The zero-order valence-corrected chi connectivity index (χ0v) is 11.5. The van der Waals surface area contributed by atoms with Crippen LogP contribution in [0, 0.1) is 0 Å². The van der Waals surface area contributed by atoms with E-state index >= 15 is 0 Å². The second kappa shape index (κ2) is 6.20. The highest BCUT2D eigenvalue weighted by atomic mass is 32.2. The van der Waals surface area contributed by atoms with Gasteiger partial charge in [-0.1, -0.05) is 0 Å². The third-order valence-electron chi connectivity index (χ3n) is 2.61. The Balaban J connectivity index is 2.09. The van der Waals surface area contributed by atoms with Crippen LogP contribution in [0.3, 0.4) is 0 Å². The number of ketones is 1. The first-order chi connectivity index (χ1) is 8.66. The van der Waals surface area contributed by atoms with E-state index in [1.54, 1.807) is 30.2 Å². The van der Waals surface area contributed by atoms with Crippen LogP contribution >= 0.6 is 11.8 Å². The lowest BCUT2D eigenvalue weighted by atomic mass is 10.1. The average Bonchev–Trinajstić information content (AvgIpc) is 2.38. The number of hydrogen-bond donors (Lipinski definition) is 1. The Labute approximate surface area is 112 Å². The summed E-state index contributed by atoms with van der Waals surface area (Å²) in [7, 11) is 0. The molecule has 0 spiro atoms. The average molecular weight is 266 g/mol. The third-order valence-corrected chi connectivity index (χ3v) is 3.67. The van der Waals surface area contributed by atoms with E-state index in [0.717, 1.165) is 18.1 Å². The SMILES string of the molecule is CC(C)Oc1cncc(C(=O)C2CSCCN2)c1. The van der Waals surface area contributed by atoms with Crippen molar-refractivity contribution in [3.8, 4) is 5.75 Å². The number of nitrogens with zero attached hydrogens (tertiary/aromatic N) is 1. The molecule has 0 radical (unpaired) electrons. The third kappa shape index (κ3) is 3.46. The molecule has 1 unspecified atom stereocenters. The van der Waals surface area contributed by atoms with Gasteiger partial charge < -0.3 is 10.1 Å². The van der Waals surface area contributed by atoms with Gasteiger partial charge in [-0.25, -0.2) is 0 Å².